The second kappa shape index (κ2) is 12.8. The van der Waals surface area contributed by atoms with E-state index in [0.29, 0.717) is 0 Å². The van der Waals surface area contributed by atoms with Crippen molar-refractivity contribution in [2.24, 2.45) is 0 Å². The molecule has 0 aliphatic rings. The molecule has 0 aliphatic carbocycles. The Hall–Kier alpha value is -3.96. The monoisotopic (exact) mass is 529 g/mol. The van der Waals surface area contributed by atoms with Crippen molar-refractivity contribution in [3.63, 3.8) is 0 Å². The van der Waals surface area contributed by atoms with Crippen LogP contribution in [0.1, 0.15) is 12.5 Å². The van der Waals surface area contributed by atoms with E-state index in [1.54, 1.807) is 6.92 Å². The van der Waals surface area contributed by atoms with Gasteiger partial charge in [0.05, 0.1) is 11.5 Å². The van der Waals surface area contributed by atoms with Gasteiger partial charge in [-0.3, -0.25) is 14.3 Å². The summed E-state index contributed by atoms with van der Waals surface area (Å²) in [5.74, 6) is -1.10. The topological polar surface area (TPSA) is 125 Å². The van der Waals surface area contributed by atoms with Gasteiger partial charge in [-0.1, -0.05) is 30.3 Å². The van der Waals surface area contributed by atoms with Crippen LogP contribution < -0.4 is 14.8 Å². The summed E-state index contributed by atoms with van der Waals surface area (Å²) in [4.78, 5) is 26.8. The summed E-state index contributed by atoms with van der Waals surface area (Å²) in [5, 5.41) is 11.5. The zero-order valence-electron chi connectivity index (χ0n) is 20.1. The molecule has 3 aromatic carbocycles. The third-order valence-corrected chi connectivity index (χ3v) is 6.76. The molecular formula is C26H28FN3O6S. The molecule has 0 radical (unpaired) electrons. The largest absolute Gasteiger partial charge is 0.484 e. The molecule has 0 spiro atoms. The predicted molar refractivity (Wildman–Crippen MR) is 136 cm³/mol. The number of amides is 2. The summed E-state index contributed by atoms with van der Waals surface area (Å²) in [5.41, 5.74) is 1.03. The predicted octanol–water partition coefficient (Wildman–Crippen LogP) is 2.53. The Bertz CT molecular complexity index is 1290. The molecule has 9 nitrogen and oxygen atoms in total. The van der Waals surface area contributed by atoms with Gasteiger partial charge in [0.15, 0.2) is 6.61 Å². The van der Waals surface area contributed by atoms with Crippen molar-refractivity contribution in [2.45, 2.75) is 24.4 Å². The van der Waals surface area contributed by atoms with E-state index in [1.807, 2.05) is 30.3 Å². The van der Waals surface area contributed by atoms with Gasteiger partial charge in [0, 0.05) is 18.8 Å². The number of halogens is 1. The summed E-state index contributed by atoms with van der Waals surface area (Å²) >= 11 is 0. The third kappa shape index (κ3) is 8.02. The molecule has 0 fully saturated rings. The Labute approximate surface area is 214 Å². The number of carbonyl (C=O) groups excluding carboxylic acids is 2. The Balaban J connectivity index is 1.66. The number of nitrogens with zero attached hydrogens (tertiary/aromatic N) is 1. The van der Waals surface area contributed by atoms with E-state index in [4.69, 9.17) is 9.84 Å². The number of hydrogen-bond acceptors (Lipinski definition) is 6. The Kier molecular flexibility index (Phi) is 9.58. The van der Waals surface area contributed by atoms with Crippen LogP contribution in [0.15, 0.2) is 83.8 Å². The van der Waals surface area contributed by atoms with Crippen LogP contribution in [0.5, 0.6) is 5.75 Å². The number of benzene rings is 3. The van der Waals surface area contributed by atoms with Crippen molar-refractivity contribution >= 4 is 27.5 Å². The first-order valence-corrected chi connectivity index (χ1v) is 12.9. The lowest BCUT2D eigenvalue weighted by Crippen LogP contribution is -2.49. The smallest absolute Gasteiger partial charge is 0.261 e. The van der Waals surface area contributed by atoms with E-state index in [1.165, 1.54) is 41.3 Å². The van der Waals surface area contributed by atoms with Crippen LogP contribution >= 0.6 is 0 Å². The molecule has 3 N–H and O–H groups in total. The van der Waals surface area contributed by atoms with Crippen LogP contribution in [-0.2, 0) is 26.2 Å². The number of rotatable bonds is 12. The van der Waals surface area contributed by atoms with Gasteiger partial charge in [0.2, 0.25) is 5.91 Å². The summed E-state index contributed by atoms with van der Waals surface area (Å²) in [6, 6.07) is 18.7. The minimum atomic E-state index is -3.92. The molecule has 1 unspecified atom stereocenters. The number of anilines is 1. The average Bonchev–Trinajstić information content (AvgIpc) is 2.90. The number of ether oxygens (including phenoxy) is 1. The molecule has 0 saturated carbocycles. The highest BCUT2D eigenvalue weighted by atomic mass is 32.2. The second-order valence-electron chi connectivity index (χ2n) is 8.07. The van der Waals surface area contributed by atoms with Crippen molar-refractivity contribution < 1.29 is 32.2 Å². The first-order chi connectivity index (χ1) is 17.7. The Morgan fingerprint density at radius 1 is 1.00 bits per heavy atom. The number of sulfonamides is 1. The van der Waals surface area contributed by atoms with Gasteiger partial charge >= 0.3 is 0 Å². The second-order valence-corrected chi connectivity index (χ2v) is 9.75. The van der Waals surface area contributed by atoms with Gasteiger partial charge in [0.25, 0.3) is 15.9 Å². The minimum absolute atomic E-state index is 0.0459. The van der Waals surface area contributed by atoms with E-state index in [2.05, 4.69) is 10.0 Å². The molecule has 0 aromatic heterocycles. The van der Waals surface area contributed by atoms with E-state index < -0.39 is 33.7 Å². The maximum Gasteiger partial charge on any atom is 0.261 e. The van der Waals surface area contributed by atoms with Crippen molar-refractivity contribution in [3.8, 4) is 5.75 Å². The molecule has 1 atom stereocenters. The van der Waals surface area contributed by atoms with Gasteiger partial charge in [-0.05, 0) is 61.0 Å². The number of nitrogens with one attached hydrogen (secondary N) is 2. The molecule has 196 valence electrons. The lowest BCUT2D eigenvalue weighted by atomic mass is 10.1. The SMILES string of the molecule is CC(C(=O)NCCO)N(Cc1ccccc1)C(=O)COc1ccc(S(=O)(=O)Nc2ccc(F)cc2)cc1. The van der Waals surface area contributed by atoms with Crippen LogP contribution in [0.25, 0.3) is 0 Å². The molecule has 0 saturated heterocycles. The molecule has 2 amide bonds. The van der Waals surface area contributed by atoms with Crippen LogP contribution in [0.4, 0.5) is 10.1 Å². The third-order valence-electron chi connectivity index (χ3n) is 5.37. The Morgan fingerprint density at radius 3 is 2.27 bits per heavy atom. The summed E-state index contributed by atoms with van der Waals surface area (Å²) in [6.07, 6.45) is 0. The molecule has 11 heteroatoms. The summed E-state index contributed by atoms with van der Waals surface area (Å²) < 4.78 is 46.2. The van der Waals surface area contributed by atoms with E-state index in [9.17, 15) is 22.4 Å². The summed E-state index contributed by atoms with van der Waals surface area (Å²) in [7, 11) is -3.92. The molecule has 37 heavy (non-hydrogen) atoms. The van der Waals surface area contributed by atoms with Crippen molar-refractivity contribution in [1.29, 1.82) is 0 Å². The fraction of sp³-hybridized carbons (Fsp3) is 0.231. The fourth-order valence-electron chi connectivity index (χ4n) is 3.36. The van der Waals surface area contributed by atoms with E-state index in [-0.39, 0.29) is 42.6 Å². The van der Waals surface area contributed by atoms with Crippen LogP contribution in [0, 0.1) is 5.82 Å². The maximum atomic E-state index is 13.1. The number of aliphatic hydroxyl groups is 1. The number of carbonyl (C=O) groups is 2. The van der Waals surface area contributed by atoms with Crippen LogP contribution in [-0.4, -0.2) is 56.0 Å². The zero-order chi connectivity index (χ0) is 26.8. The summed E-state index contributed by atoms with van der Waals surface area (Å²) in [6.45, 7) is 1.21. The van der Waals surface area contributed by atoms with Crippen LogP contribution in [0.3, 0.4) is 0 Å². The zero-order valence-corrected chi connectivity index (χ0v) is 20.9. The van der Waals surface area contributed by atoms with Crippen molar-refractivity contribution in [2.75, 3.05) is 24.5 Å². The van der Waals surface area contributed by atoms with Gasteiger partial charge < -0.3 is 20.1 Å². The normalized spacial score (nSPS) is 11.9. The highest BCUT2D eigenvalue weighted by molar-refractivity contribution is 7.92. The molecule has 3 aromatic rings. The van der Waals surface area contributed by atoms with Crippen LogP contribution in [0.2, 0.25) is 0 Å². The first kappa shape index (κ1) is 27.6. The van der Waals surface area contributed by atoms with Gasteiger partial charge in [-0.25, -0.2) is 12.8 Å². The standard InChI is InChI=1S/C26H28FN3O6S/c1-19(26(33)28-15-16-31)30(17-20-5-3-2-4-6-20)25(32)18-36-23-11-13-24(14-12-23)37(34,35)29-22-9-7-21(27)8-10-22/h2-14,19,29,31H,15-18H2,1H3,(H,28,33). The molecule has 0 aliphatic heterocycles. The molecular weight excluding hydrogens is 501 g/mol. The minimum Gasteiger partial charge on any atom is -0.484 e. The quantitative estimate of drug-likeness (QED) is 0.331. The Morgan fingerprint density at radius 2 is 1.65 bits per heavy atom. The molecule has 3 rings (SSSR count). The van der Waals surface area contributed by atoms with Gasteiger partial charge in [0.1, 0.15) is 17.6 Å². The van der Waals surface area contributed by atoms with E-state index >= 15 is 0 Å². The lowest BCUT2D eigenvalue weighted by molar-refractivity contribution is -0.142. The van der Waals surface area contributed by atoms with Gasteiger partial charge in [-0.15, -0.1) is 0 Å². The molecule has 0 bridgehead atoms. The average molecular weight is 530 g/mol. The van der Waals surface area contributed by atoms with Crippen molar-refractivity contribution in [3.05, 3.63) is 90.2 Å². The number of hydrogen-bond donors (Lipinski definition) is 3. The highest BCUT2D eigenvalue weighted by Crippen LogP contribution is 2.20. The van der Waals surface area contributed by atoms with E-state index in [0.717, 1.165) is 17.7 Å². The lowest BCUT2D eigenvalue weighted by Gasteiger charge is -2.28. The number of aliphatic hydroxyl groups excluding tert-OH is 1. The highest BCUT2D eigenvalue weighted by Gasteiger charge is 2.26. The van der Waals surface area contributed by atoms with Crippen molar-refractivity contribution in [1.82, 2.24) is 10.2 Å². The molecule has 0 heterocycles. The first-order valence-electron chi connectivity index (χ1n) is 11.4. The van der Waals surface area contributed by atoms with Gasteiger partial charge in [-0.2, -0.15) is 0 Å². The fourth-order valence-corrected chi connectivity index (χ4v) is 4.42. The maximum absolute atomic E-state index is 13.1.